The lowest BCUT2D eigenvalue weighted by molar-refractivity contribution is 0.969. The summed E-state index contributed by atoms with van der Waals surface area (Å²) in [5, 5.41) is 0.732. The molecular formula is C11H12ClN3. The van der Waals surface area contributed by atoms with Gasteiger partial charge < -0.3 is 10.3 Å². The van der Waals surface area contributed by atoms with Crippen molar-refractivity contribution in [1.82, 2.24) is 9.55 Å². The minimum absolute atomic E-state index is 0.460. The van der Waals surface area contributed by atoms with Crippen molar-refractivity contribution >= 4 is 11.6 Å². The molecular weight excluding hydrogens is 210 g/mol. The second-order valence-electron chi connectivity index (χ2n) is 3.33. The van der Waals surface area contributed by atoms with Gasteiger partial charge in [-0.25, -0.2) is 4.98 Å². The fraction of sp³-hybridized carbons (Fsp3) is 0.182. The fourth-order valence-electron chi connectivity index (χ4n) is 1.49. The number of hydrogen-bond donors (Lipinski definition) is 1. The molecule has 0 fully saturated rings. The van der Waals surface area contributed by atoms with Gasteiger partial charge in [-0.2, -0.15) is 0 Å². The first-order chi connectivity index (χ1) is 7.20. The van der Waals surface area contributed by atoms with Gasteiger partial charge in [-0.1, -0.05) is 11.6 Å². The molecule has 15 heavy (non-hydrogen) atoms. The molecule has 0 aliphatic carbocycles. The predicted molar refractivity (Wildman–Crippen MR) is 61.2 cm³/mol. The highest BCUT2D eigenvalue weighted by atomic mass is 35.5. The van der Waals surface area contributed by atoms with Crippen LogP contribution in [0.25, 0.3) is 5.69 Å². The Morgan fingerprint density at radius 3 is 2.53 bits per heavy atom. The molecule has 4 heteroatoms. The Hall–Kier alpha value is -1.32. The molecule has 0 atom stereocenters. The molecule has 78 valence electrons. The lowest BCUT2D eigenvalue weighted by Crippen LogP contribution is -1.95. The monoisotopic (exact) mass is 221 g/mol. The normalized spacial score (nSPS) is 10.6. The van der Waals surface area contributed by atoms with Crippen molar-refractivity contribution in [3.8, 4) is 5.69 Å². The quantitative estimate of drug-likeness (QED) is 0.846. The molecule has 0 amide bonds. The largest absolute Gasteiger partial charge is 0.325 e. The lowest BCUT2D eigenvalue weighted by Gasteiger charge is -2.03. The van der Waals surface area contributed by atoms with Gasteiger partial charge in [0.2, 0.25) is 0 Å². The molecule has 2 rings (SSSR count). The van der Waals surface area contributed by atoms with Gasteiger partial charge >= 0.3 is 0 Å². The van der Waals surface area contributed by atoms with Crippen LogP contribution in [-0.4, -0.2) is 9.55 Å². The molecule has 0 aliphatic heterocycles. The van der Waals surface area contributed by atoms with Crippen LogP contribution in [0.2, 0.25) is 5.02 Å². The second-order valence-corrected chi connectivity index (χ2v) is 3.77. The predicted octanol–water partition coefficient (Wildman–Crippen LogP) is 2.29. The molecule has 2 N–H and O–H groups in total. The number of aromatic nitrogens is 2. The number of imidazole rings is 1. The maximum absolute atomic E-state index is 5.83. The molecule has 0 spiro atoms. The van der Waals surface area contributed by atoms with Crippen molar-refractivity contribution in [2.75, 3.05) is 0 Å². The Kier molecular flexibility index (Phi) is 2.75. The first kappa shape index (κ1) is 10.2. The molecule has 0 unspecified atom stereocenters. The Labute approximate surface area is 93.5 Å². The van der Waals surface area contributed by atoms with E-state index >= 15 is 0 Å². The lowest BCUT2D eigenvalue weighted by atomic mass is 10.3. The van der Waals surface area contributed by atoms with Crippen molar-refractivity contribution in [2.45, 2.75) is 13.5 Å². The third-order valence-corrected chi connectivity index (χ3v) is 2.50. The van der Waals surface area contributed by atoms with Gasteiger partial charge in [0, 0.05) is 23.5 Å². The zero-order valence-corrected chi connectivity index (χ0v) is 9.20. The first-order valence-electron chi connectivity index (χ1n) is 4.71. The SMILES string of the molecule is Cc1nc(CN)cn1-c1ccc(Cl)cc1. The fourth-order valence-corrected chi connectivity index (χ4v) is 1.62. The number of hydrogen-bond acceptors (Lipinski definition) is 2. The summed E-state index contributed by atoms with van der Waals surface area (Å²) >= 11 is 5.83. The van der Waals surface area contributed by atoms with E-state index < -0.39 is 0 Å². The van der Waals surface area contributed by atoms with Crippen LogP contribution in [0.3, 0.4) is 0 Å². The molecule has 3 nitrogen and oxygen atoms in total. The average molecular weight is 222 g/mol. The summed E-state index contributed by atoms with van der Waals surface area (Å²) in [6, 6.07) is 7.63. The maximum atomic E-state index is 5.83. The van der Waals surface area contributed by atoms with Gasteiger partial charge in [0.1, 0.15) is 5.82 Å². The Bertz CT molecular complexity index is 459. The van der Waals surface area contributed by atoms with Gasteiger partial charge in [0.25, 0.3) is 0 Å². The van der Waals surface area contributed by atoms with Gasteiger partial charge in [-0.15, -0.1) is 0 Å². The van der Waals surface area contributed by atoms with Crippen LogP contribution in [-0.2, 0) is 6.54 Å². The molecule has 0 radical (unpaired) electrons. The molecule has 0 bridgehead atoms. The van der Waals surface area contributed by atoms with Crippen LogP contribution in [0, 0.1) is 6.92 Å². The molecule has 0 aliphatic rings. The summed E-state index contributed by atoms with van der Waals surface area (Å²) in [5.41, 5.74) is 7.47. The van der Waals surface area contributed by atoms with Gasteiger partial charge in [-0.3, -0.25) is 0 Å². The maximum Gasteiger partial charge on any atom is 0.110 e. The molecule has 2 aromatic rings. The minimum atomic E-state index is 0.460. The second kappa shape index (κ2) is 4.04. The number of nitrogens with two attached hydrogens (primary N) is 1. The molecule has 0 saturated heterocycles. The van der Waals surface area contributed by atoms with Crippen LogP contribution >= 0.6 is 11.6 Å². The van der Waals surface area contributed by atoms with Crippen LogP contribution < -0.4 is 5.73 Å². The Morgan fingerprint density at radius 2 is 2.00 bits per heavy atom. The third-order valence-electron chi connectivity index (χ3n) is 2.25. The van der Waals surface area contributed by atoms with E-state index in [2.05, 4.69) is 4.98 Å². The molecule has 1 heterocycles. The van der Waals surface area contributed by atoms with Crippen molar-refractivity contribution in [1.29, 1.82) is 0 Å². The van der Waals surface area contributed by atoms with Crippen LogP contribution in [0.1, 0.15) is 11.5 Å². The van der Waals surface area contributed by atoms with E-state index in [1.54, 1.807) is 0 Å². The topological polar surface area (TPSA) is 43.8 Å². The van der Waals surface area contributed by atoms with Crippen molar-refractivity contribution in [2.24, 2.45) is 5.73 Å². The van der Waals surface area contributed by atoms with E-state index in [4.69, 9.17) is 17.3 Å². The molecule has 1 aromatic heterocycles. The van der Waals surface area contributed by atoms with E-state index in [9.17, 15) is 0 Å². The minimum Gasteiger partial charge on any atom is -0.325 e. The Morgan fingerprint density at radius 1 is 1.33 bits per heavy atom. The number of benzene rings is 1. The van der Waals surface area contributed by atoms with Crippen LogP contribution in [0.5, 0.6) is 0 Å². The third kappa shape index (κ3) is 2.03. The number of halogens is 1. The van der Waals surface area contributed by atoms with Gasteiger partial charge in [0.15, 0.2) is 0 Å². The smallest absolute Gasteiger partial charge is 0.110 e. The number of nitrogens with zero attached hydrogens (tertiary/aromatic N) is 2. The van der Waals surface area contributed by atoms with Crippen molar-refractivity contribution in [3.05, 3.63) is 47.0 Å². The van der Waals surface area contributed by atoms with E-state index in [-0.39, 0.29) is 0 Å². The molecule has 0 saturated carbocycles. The van der Waals surface area contributed by atoms with E-state index in [0.717, 1.165) is 22.2 Å². The number of aryl methyl sites for hydroxylation is 1. The van der Waals surface area contributed by atoms with Crippen molar-refractivity contribution in [3.63, 3.8) is 0 Å². The first-order valence-corrected chi connectivity index (χ1v) is 5.09. The zero-order valence-electron chi connectivity index (χ0n) is 8.44. The van der Waals surface area contributed by atoms with E-state index in [1.807, 2.05) is 42.0 Å². The van der Waals surface area contributed by atoms with Crippen LogP contribution in [0.15, 0.2) is 30.5 Å². The standard InChI is InChI=1S/C11H12ClN3/c1-8-14-10(6-13)7-15(8)11-4-2-9(12)3-5-11/h2-5,7H,6,13H2,1H3. The van der Waals surface area contributed by atoms with Crippen molar-refractivity contribution < 1.29 is 0 Å². The summed E-state index contributed by atoms with van der Waals surface area (Å²) in [4.78, 5) is 4.33. The highest BCUT2D eigenvalue weighted by Gasteiger charge is 2.04. The summed E-state index contributed by atoms with van der Waals surface area (Å²) in [5.74, 6) is 0.928. The highest BCUT2D eigenvalue weighted by Crippen LogP contribution is 2.15. The number of rotatable bonds is 2. The van der Waals surface area contributed by atoms with Gasteiger partial charge in [0.05, 0.1) is 5.69 Å². The summed E-state index contributed by atoms with van der Waals surface area (Å²) in [6.07, 6.45) is 1.94. The van der Waals surface area contributed by atoms with Gasteiger partial charge in [-0.05, 0) is 31.2 Å². The molecule has 1 aromatic carbocycles. The summed E-state index contributed by atoms with van der Waals surface area (Å²) in [6.45, 7) is 2.41. The van der Waals surface area contributed by atoms with E-state index in [1.165, 1.54) is 0 Å². The van der Waals surface area contributed by atoms with Crippen LogP contribution in [0.4, 0.5) is 0 Å². The zero-order chi connectivity index (χ0) is 10.8. The summed E-state index contributed by atoms with van der Waals surface area (Å²) in [7, 11) is 0. The Balaban J connectivity index is 2.44. The average Bonchev–Trinajstić information content (AvgIpc) is 2.61. The van der Waals surface area contributed by atoms with E-state index in [0.29, 0.717) is 6.54 Å². The highest BCUT2D eigenvalue weighted by molar-refractivity contribution is 6.30. The summed E-state index contributed by atoms with van der Waals surface area (Å²) < 4.78 is 2.00.